The predicted molar refractivity (Wildman–Crippen MR) is 125 cm³/mol. The Hall–Kier alpha value is -1.69. The molecule has 3 atom stereocenters. The van der Waals surface area contributed by atoms with Crippen LogP contribution in [0.5, 0.6) is 5.75 Å². The largest absolute Gasteiger partial charge is 0.497 e. The number of phosphoric acid groups is 1. The van der Waals surface area contributed by atoms with Crippen LogP contribution in [0.15, 0.2) is 42.5 Å². The Kier molecular flexibility index (Phi) is 7.09. The summed E-state index contributed by atoms with van der Waals surface area (Å²) >= 11 is 0. The van der Waals surface area contributed by atoms with Crippen LogP contribution < -0.4 is 10.5 Å². The first-order valence-corrected chi connectivity index (χ1v) is 13.0. The fourth-order valence-electron chi connectivity index (χ4n) is 5.30. The summed E-state index contributed by atoms with van der Waals surface area (Å²) in [5.41, 5.74) is 11.3. The van der Waals surface area contributed by atoms with Crippen molar-refractivity contribution in [2.45, 2.75) is 62.8 Å². The molecule has 6 nitrogen and oxygen atoms in total. The van der Waals surface area contributed by atoms with Crippen LogP contribution in [-0.2, 0) is 28.4 Å². The molecule has 0 amide bonds. The van der Waals surface area contributed by atoms with E-state index in [2.05, 4.69) is 30.3 Å². The van der Waals surface area contributed by atoms with Gasteiger partial charge in [0.1, 0.15) is 5.75 Å². The second-order valence-electron chi connectivity index (χ2n) is 9.59. The van der Waals surface area contributed by atoms with Crippen molar-refractivity contribution < 1.29 is 23.6 Å². The fraction of sp³-hybridized carbons (Fsp3) is 0.520. The molecule has 4 rings (SSSR count). The Bertz CT molecular complexity index is 973. The molecule has 0 aliphatic heterocycles. The van der Waals surface area contributed by atoms with Crippen LogP contribution in [0, 0.1) is 5.92 Å². The summed E-state index contributed by atoms with van der Waals surface area (Å²) < 4.78 is 21.0. The molecular weight excluding hydrogens is 425 g/mol. The second-order valence-corrected chi connectivity index (χ2v) is 10.8. The van der Waals surface area contributed by atoms with Gasteiger partial charge in [0.2, 0.25) is 0 Å². The van der Waals surface area contributed by atoms with Crippen LogP contribution in [0.2, 0.25) is 0 Å². The molecule has 2 aromatic rings. The van der Waals surface area contributed by atoms with E-state index in [1.54, 1.807) is 7.11 Å². The highest BCUT2D eigenvalue weighted by Gasteiger charge is 2.38. The number of rotatable bonds is 8. The molecule has 1 saturated carbocycles. The van der Waals surface area contributed by atoms with Gasteiger partial charge in [0.25, 0.3) is 0 Å². The van der Waals surface area contributed by atoms with Crippen LogP contribution in [0.4, 0.5) is 0 Å². The maximum atomic E-state index is 11.0. The van der Waals surface area contributed by atoms with Gasteiger partial charge in [0.15, 0.2) is 0 Å². The normalized spacial score (nSPS) is 25.5. The van der Waals surface area contributed by atoms with Gasteiger partial charge in [-0.3, -0.25) is 4.52 Å². The summed E-state index contributed by atoms with van der Waals surface area (Å²) in [5, 5.41) is 0. The van der Waals surface area contributed by atoms with Gasteiger partial charge >= 0.3 is 7.82 Å². The average molecular weight is 460 g/mol. The molecule has 1 unspecified atom stereocenters. The zero-order valence-electron chi connectivity index (χ0n) is 18.7. The molecule has 0 aromatic heterocycles. The fourth-order valence-corrected chi connectivity index (χ4v) is 5.72. The first-order valence-electron chi connectivity index (χ1n) is 11.5. The molecule has 32 heavy (non-hydrogen) atoms. The van der Waals surface area contributed by atoms with Crippen molar-refractivity contribution >= 4 is 7.82 Å². The molecule has 7 heteroatoms. The summed E-state index contributed by atoms with van der Waals surface area (Å²) in [6.45, 7) is -0.103. The van der Waals surface area contributed by atoms with E-state index in [0.29, 0.717) is 24.7 Å². The third-order valence-corrected chi connectivity index (χ3v) is 7.66. The molecule has 2 aliphatic carbocycles. The number of nitrogens with two attached hydrogens (primary N) is 1. The van der Waals surface area contributed by atoms with E-state index in [-0.39, 0.29) is 6.61 Å². The molecular formula is C25H34NO5P. The van der Waals surface area contributed by atoms with Gasteiger partial charge in [0, 0.05) is 5.54 Å². The molecule has 174 valence electrons. The van der Waals surface area contributed by atoms with E-state index in [1.165, 1.54) is 35.1 Å². The number of methoxy groups -OCH3 is 1. The standard InChI is InChI=1S/C25H34NO5P/c1-30-24-10-5-18(6-11-24)2-3-19-4-7-21-15-22(9-8-20(21)14-19)23-12-13-25(26,16-23)17-31-32(27,28)29/h5-6,8-11,15,19,23H,2-4,7,12-14,16-17,26H2,1H3,(H2,27,28,29)/t19?,23-,25-/m0/s1. The maximum Gasteiger partial charge on any atom is 0.469 e. The summed E-state index contributed by atoms with van der Waals surface area (Å²) in [7, 11) is -2.79. The first kappa shape index (κ1) is 23.5. The third-order valence-electron chi connectivity index (χ3n) is 7.20. The summed E-state index contributed by atoms with van der Waals surface area (Å²) in [4.78, 5) is 18.0. The zero-order valence-corrected chi connectivity index (χ0v) is 19.6. The first-order chi connectivity index (χ1) is 15.2. The highest BCUT2D eigenvalue weighted by atomic mass is 31.2. The molecule has 1 fully saturated rings. The van der Waals surface area contributed by atoms with Crippen molar-refractivity contribution in [3.8, 4) is 5.75 Å². The van der Waals surface area contributed by atoms with Crippen LogP contribution >= 0.6 is 7.82 Å². The molecule has 2 aromatic carbocycles. The van der Waals surface area contributed by atoms with Crippen molar-refractivity contribution in [3.05, 3.63) is 64.7 Å². The smallest absolute Gasteiger partial charge is 0.469 e. The van der Waals surface area contributed by atoms with E-state index in [4.69, 9.17) is 24.8 Å². The van der Waals surface area contributed by atoms with Crippen molar-refractivity contribution in [1.29, 1.82) is 0 Å². The number of hydrogen-bond acceptors (Lipinski definition) is 4. The van der Waals surface area contributed by atoms with E-state index in [1.807, 2.05) is 12.1 Å². The van der Waals surface area contributed by atoms with Crippen LogP contribution in [0.25, 0.3) is 0 Å². The van der Waals surface area contributed by atoms with Crippen LogP contribution in [0.3, 0.4) is 0 Å². The number of hydrogen-bond donors (Lipinski definition) is 3. The van der Waals surface area contributed by atoms with Crippen molar-refractivity contribution in [1.82, 2.24) is 0 Å². The van der Waals surface area contributed by atoms with Gasteiger partial charge in [0.05, 0.1) is 13.7 Å². The lowest BCUT2D eigenvalue weighted by Crippen LogP contribution is -2.41. The zero-order chi connectivity index (χ0) is 22.8. The molecule has 4 N–H and O–H groups in total. The Morgan fingerprint density at radius 3 is 2.62 bits per heavy atom. The van der Waals surface area contributed by atoms with Gasteiger partial charge in [-0.2, -0.15) is 0 Å². The van der Waals surface area contributed by atoms with Crippen LogP contribution in [0.1, 0.15) is 60.3 Å². The van der Waals surface area contributed by atoms with Gasteiger partial charge in [-0.15, -0.1) is 0 Å². The van der Waals surface area contributed by atoms with E-state index in [0.717, 1.165) is 31.4 Å². The number of ether oxygens (including phenoxy) is 1. The SMILES string of the molecule is COc1ccc(CCC2CCc3cc([C@H]4CC[C@@](N)(COP(=O)(O)O)C4)ccc3C2)cc1. The minimum absolute atomic E-state index is 0.103. The molecule has 0 bridgehead atoms. The Morgan fingerprint density at radius 1 is 1.12 bits per heavy atom. The quantitative estimate of drug-likeness (QED) is 0.502. The van der Waals surface area contributed by atoms with Gasteiger partial charge in [-0.25, -0.2) is 4.57 Å². The number of phosphoric ester groups is 1. The van der Waals surface area contributed by atoms with Crippen molar-refractivity contribution in [3.63, 3.8) is 0 Å². The van der Waals surface area contributed by atoms with Gasteiger partial charge in [-0.1, -0.05) is 30.3 Å². The van der Waals surface area contributed by atoms with E-state index in [9.17, 15) is 4.57 Å². The summed E-state index contributed by atoms with van der Waals surface area (Å²) in [6, 6.07) is 15.2. The van der Waals surface area contributed by atoms with E-state index >= 15 is 0 Å². The predicted octanol–water partition coefficient (Wildman–Crippen LogP) is 4.51. The summed E-state index contributed by atoms with van der Waals surface area (Å²) in [5.74, 6) is 1.93. The number of benzene rings is 2. The number of aryl methyl sites for hydroxylation is 2. The lowest BCUT2D eigenvalue weighted by molar-refractivity contribution is 0.153. The lowest BCUT2D eigenvalue weighted by Gasteiger charge is -2.27. The van der Waals surface area contributed by atoms with Crippen LogP contribution in [-0.4, -0.2) is 29.0 Å². The highest BCUT2D eigenvalue weighted by molar-refractivity contribution is 7.46. The average Bonchev–Trinajstić information content (AvgIpc) is 3.18. The maximum absolute atomic E-state index is 11.0. The van der Waals surface area contributed by atoms with Crippen molar-refractivity contribution in [2.75, 3.05) is 13.7 Å². The highest BCUT2D eigenvalue weighted by Crippen LogP contribution is 2.44. The Balaban J connectivity index is 1.32. The lowest BCUT2D eigenvalue weighted by atomic mass is 9.79. The minimum atomic E-state index is -4.49. The number of fused-ring (bicyclic) bond motifs is 1. The molecule has 0 heterocycles. The summed E-state index contributed by atoms with van der Waals surface area (Å²) in [6.07, 6.45) is 8.08. The minimum Gasteiger partial charge on any atom is -0.497 e. The molecule has 0 saturated heterocycles. The topological polar surface area (TPSA) is 102 Å². The van der Waals surface area contributed by atoms with Crippen molar-refractivity contribution in [2.24, 2.45) is 11.7 Å². The van der Waals surface area contributed by atoms with Gasteiger partial charge < -0.3 is 20.3 Å². The monoisotopic (exact) mass is 459 g/mol. The van der Waals surface area contributed by atoms with Gasteiger partial charge in [-0.05, 0) is 97.6 Å². The Labute approximate surface area is 190 Å². The second kappa shape index (κ2) is 9.66. The third kappa shape index (κ3) is 6.00. The van der Waals surface area contributed by atoms with E-state index < -0.39 is 13.4 Å². The molecule has 0 radical (unpaired) electrons. The molecule has 2 aliphatic rings. The Morgan fingerprint density at radius 2 is 1.91 bits per heavy atom. The molecule has 0 spiro atoms.